The lowest BCUT2D eigenvalue weighted by molar-refractivity contribution is 0.102. The van der Waals surface area contributed by atoms with E-state index in [4.69, 9.17) is 4.74 Å². The van der Waals surface area contributed by atoms with Crippen molar-refractivity contribution in [2.24, 2.45) is 0 Å². The van der Waals surface area contributed by atoms with Crippen LogP contribution in [0, 0.1) is 25.2 Å². The fourth-order valence-corrected chi connectivity index (χ4v) is 3.24. The van der Waals surface area contributed by atoms with Crippen molar-refractivity contribution in [3.05, 3.63) is 44.2 Å². The summed E-state index contributed by atoms with van der Waals surface area (Å²) in [7, 11) is 1.51. The molecule has 0 radical (unpaired) electrons. The van der Waals surface area contributed by atoms with Gasteiger partial charge in [0.05, 0.1) is 18.2 Å². The van der Waals surface area contributed by atoms with E-state index in [9.17, 15) is 10.1 Å². The SMILES string of the molecule is COc1ccc(Br)cc1C(=O)Nc1sc(C)c(C)c1C#N. The molecule has 6 heteroatoms. The lowest BCUT2D eigenvalue weighted by atomic mass is 10.1. The number of rotatable bonds is 3. The normalized spacial score (nSPS) is 10.0. The zero-order valence-electron chi connectivity index (χ0n) is 11.8. The maximum Gasteiger partial charge on any atom is 0.260 e. The van der Waals surface area contributed by atoms with E-state index in [1.165, 1.54) is 18.4 Å². The molecule has 0 aliphatic carbocycles. The van der Waals surface area contributed by atoms with Crippen LogP contribution in [0.25, 0.3) is 0 Å². The minimum Gasteiger partial charge on any atom is -0.496 e. The summed E-state index contributed by atoms with van der Waals surface area (Å²) < 4.78 is 5.99. The monoisotopic (exact) mass is 364 g/mol. The van der Waals surface area contributed by atoms with Crippen LogP contribution in [0.5, 0.6) is 5.75 Å². The maximum absolute atomic E-state index is 12.4. The molecule has 0 aliphatic heterocycles. The first-order valence-electron chi connectivity index (χ1n) is 6.13. The fourth-order valence-electron chi connectivity index (χ4n) is 1.88. The third kappa shape index (κ3) is 3.09. The smallest absolute Gasteiger partial charge is 0.260 e. The minimum atomic E-state index is -0.300. The molecule has 4 nitrogen and oxygen atoms in total. The molecule has 1 heterocycles. The number of aryl methyl sites for hydroxylation is 1. The number of carbonyl (C=O) groups is 1. The molecule has 2 rings (SSSR count). The minimum absolute atomic E-state index is 0.300. The van der Waals surface area contributed by atoms with E-state index in [0.717, 1.165) is 14.9 Å². The Labute approximate surface area is 135 Å². The van der Waals surface area contributed by atoms with Crippen LogP contribution in [0.2, 0.25) is 0 Å². The Morgan fingerprint density at radius 3 is 2.76 bits per heavy atom. The number of methoxy groups -OCH3 is 1. The zero-order chi connectivity index (χ0) is 15.6. The standard InChI is InChI=1S/C15H13BrN2O2S/c1-8-9(2)21-15(12(8)7-17)18-14(19)11-6-10(16)4-5-13(11)20-3/h4-6H,1-3H3,(H,18,19). The highest BCUT2D eigenvalue weighted by atomic mass is 79.9. The van der Waals surface area contributed by atoms with Gasteiger partial charge in [0.25, 0.3) is 5.91 Å². The van der Waals surface area contributed by atoms with E-state index in [1.54, 1.807) is 18.2 Å². The first kappa shape index (κ1) is 15.5. The largest absolute Gasteiger partial charge is 0.496 e. The second-order valence-electron chi connectivity index (χ2n) is 4.40. The van der Waals surface area contributed by atoms with Gasteiger partial charge >= 0.3 is 0 Å². The molecule has 0 aliphatic rings. The molecule has 1 aromatic heterocycles. The van der Waals surface area contributed by atoms with E-state index in [-0.39, 0.29) is 5.91 Å². The Bertz CT molecular complexity index is 747. The first-order valence-corrected chi connectivity index (χ1v) is 7.73. The molecule has 21 heavy (non-hydrogen) atoms. The molecule has 1 N–H and O–H groups in total. The molecule has 0 saturated heterocycles. The Morgan fingerprint density at radius 2 is 2.14 bits per heavy atom. The molecule has 108 valence electrons. The van der Waals surface area contributed by atoms with Gasteiger partial charge in [-0.1, -0.05) is 15.9 Å². The summed E-state index contributed by atoms with van der Waals surface area (Å²) in [5.74, 6) is 0.185. The van der Waals surface area contributed by atoms with Gasteiger partial charge in [-0.25, -0.2) is 0 Å². The Balaban J connectivity index is 2.37. The number of nitrogens with one attached hydrogen (secondary N) is 1. The number of ether oxygens (including phenoxy) is 1. The number of amides is 1. The number of nitrogens with zero attached hydrogens (tertiary/aromatic N) is 1. The Morgan fingerprint density at radius 1 is 1.43 bits per heavy atom. The van der Waals surface area contributed by atoms with Crippen molar-refractivity contribution in [1.29, 1.82) is 5.26 Å². The first-order chi connectivity index (χ1) is 9.97. The molecule has 0 atom stereocenters. The van der Waals surface area contributed by atoms with Crippen LogP contribution in [-0.4, -0.2) is 13.0 Å². The van der Waals surface area contributed by atoms with Crippen LogP contribution in [0.4, 0.5) is 5.00 Å². The summed E-state index contributed by atoms with van der Waals surface area (Å²) in [6, 6.07) is 7.34. The van der Waals surface area contributed by atoms with Gasteiger partial charge in [0.15, 0.2) is 0 Å². The molecule has 0 saturated carbocycles. The topological polar surface area (TPSA) is 62.1 Å². The van der Waals surface area contributed by atoms with Crippen molar-refractivity contribution < 1.29 is 9.53 Å². The zero-order valence-corrected chi connectivity index (χ0v) is 14.2. The van der Waals surface area contributed by atoms with E-state index in [2.05, 4.69) is 27.3 Å². The van der Waals surface area contributed by atoms with E-state index >= 15 is 0 Å². The van der Waals surface area contributed by atoms with Crippen LogP contribution in [0.1, 0.15) is 26.4 Å². The Hall–Kier alpha value is -1.84. The average molecular weight is 365 g/mol. The van der Waals surface area contributed by atoms with Crippen molar-refractivity contribution in [1.82, 2.24) is 0 Å². The van der Waals surface area contributed by atoms with Gasteiger partial charge in [0.2, 0.25) is 0 Å². The summed E-state index contributed by atoms with van der Waals surface area (Å²) in [5.41, 5.74) is 1.83. The lowest BCUT2D eigenvalue weighted by Gasteiger charge is -2.09. The number of thiophene rings is 1. The second-order valence-corrected chi connectivity index (χ2v) is 6.54. The molecule has 0 unspecified atom stereocenters. The summed E-state index contributed by atoms with van der Waals surface area (Å²) in [5, 5.41) is 12.6. The summed E-state index contributed by atoms with van der Waals surface area (Å²) >= 11 is 4.74. The maximum atomic E-state index is 12.4. The molecular weight excluding hydrogens is 352 g/mol. The number of hydrogen-bond donors (Lipinski definition) is 1. The highest BCUT2D eigenvalue weighted by Gasteiger charge is 2.18. The quantitative estimate of drug-likeness (QED) is 0.884. The number of anilines is 1. The van der Waals surface area contributed by atoms with E-state index in [0.29, 0.717) is 21.9 Å². The number of nitriles is 1. The summed E-state index contributed by atoms with van der Waals surface area (Å²) in [4.78, 5) is 13.4. The van der Waals surface area contributed by atoms with Crippen LogP contribution in [0.15, 0.2) is 22.7 Å². The van der Waals surface area contributed by atoms with Crippen molar-refractivity contribution in [2.75, 3.05) is 12.4 Å². The number of hydrogen-bond acceptors (Lipinski definition) is 4. The molecule has 0 fully saturated rings. The molecular formula is C15H13BrN2O2S. The average Bonchev–Trinajstić information content (AvgIpc) is 2.73. The van der Waals surface area contributed by atoms with Crippen molar-refractivity contribution in [3.8, 4) is 11.8 Å². The van der Waals surface area contributed by atoms with Gasteiger partial charge in [-0.3, -0.25) is 4.79 Å². The number of halogens is 1. The Kier molecular flexibility index (Phi) is 4.66. The summed E-state index contributed by atoms with van der Waals surface area (Å²) in [6.07, 6.45) is 0. The highest BCUT2D eigenvalue weighted by molar-refractivity contribution is 9.10. The van der Waals surface area contributed by atoms with Crippen molar-refractivity contribution >= 4 is 38.2 Å². The van der Waals surface area contributed by atoms with Gasteiger partial charge < -0.3 is 10.1 Å². The van der Waals surface area contributed by atoms with Gasteiger partial charge in [0, 0.05) is 9.35 Å². The molecule has 0 spiro atoms. The van der Waals surface area contributed by atoms with Crippen molar-refractivity contribution in [2.45, 2.75) is 13.8 Å². The van der Waals surface area contributed by atoms with E-state index in [1.807, 2.05) is 13.8 Å². The van der Waals surface area contributed by atoms with Gasteiger partial charge in [-0.15, -0.1) is 11.3 Å². The van der Waals surface area contributed by atoms with Crippen LogP contribution in [-0.2, 0) is 0 Å². The van der Waals surface area contributed by atoms with Gasteiger partial charge in [-0.2, -0.15) is 5.26 Å². The predicted octanol–water partition coefficient (Wildman–Crippen LogP) is 4.26. The molecule has 1 amide bonds. The second kappa shape index (κ2) is 6.29. The lowest BCUT2D eigenvalue weighted by Crippen LogP contribution is -2.13. The fraction of sp³-hybridized carbons (Fsp3) is 0.200. The predicted molar refractivity (Wildman–Crippen MR) is 87.2 cm³/mol. The van der Waals surface area contributed by atoms with Crippen LogP contribution < -0.4 is 10.1 Å². The molecule has 0 bridgehead atoms. The van der Waals surface area contributed by atoms with Crippen LogP contribution in [0.3, 0.4) is 0 Å². The number of benzene rings is 1. The van der Waals surface area contributed by atoms with Gasteiger partial charge in [-0.05, 0) is 37.6 Å². The third-order valence-corrected chi connectivity index (χ3v) is 4.75. The molecule has 1 aromatic carbocycles. The number of carbonyl (C=O) groups excluding carboxylic acids is 1. The third-order valence-electron chi connectivity index (χ3n) is 3.13. The molecule has 2 aromatic rings. The van der Waals surface area contributed by atoms with Crippen molar-refractivity contribution in [3.63, 3.8) is 0 Å². The summed E-state index contributed by atoms with van der Waals surface area (Å²) in [6.45, 7) is 3.80. The van der Waals surface area contributed by atoms with Crippen LogP contribution >= 0.6 is 27.3 Å². The highest BCUT2D eigenvalue weighted by Crippen LogP contribution is 2.33. The van der Waals surface area contributed by atoms with Gasteiger partial charge in [0.1, 0.15) is 16.8 Å². The van der Waals surface area contributed by atoms with E-state index < -0.39 is 0 Å².